The Hall–Kier alpha value is -2.34. The van der Waals surface area contributed by atoms with Crippen molar-refractivity contribution < 1.29 is 59.3 Å². The molecule has 0 radical (unpaired) electrons. The Morgan fingerprint density at radius 1 is 1.19 bits per heavy atom. The van der Waals surface area contributed by atoms with Crippen LogP contribution in [0, 0.1) is 16.7 Å². The van der Waals surface area contributed by atoms with Gasteiger partial charge in [-0.05, 0) is 19.8 Å². The maximum absolute atomic E-state index is 13.5. The van der Waals surface area contributed by atoms with E-state index in [0.29, 0.717) is 0 Å². The summed E-state index contributed by atoms with van der Waals surface area (Å²) in [5.41, 5.74) is -3.01. The Labute approximate surface area is 170 Å². The van der Waals surface area contributed by atoms with Gasteiger partial charge in [0.25, 0.3) is 0 Å². The fourth-order valence-electron chi connectivity index (χ4n) is 4.74. The van der Waals surface area contributed by atoms with Gasteiger partial charge in [0.05, 0.1) is 0 Å². The molecule has 5 atom stereocenters. The van der Waals surface area contributed by atoms with E-state index in [1.54, 1.807) is 6.92 Å². The van der Waals surface area contributed by atoms with E-state index >= 15 is 0 Å². The maximum atomic E-state index is 13.5. The number of carbonyl (C=O) groups is 3. The van der Waals surface area contributed by atoms with Gasteiger partial charge in [-0.15, -0.1) is 0 Å². The van der Waals surface area contributed by atoms with Gasteiger partial charge in [-0.3, -0.25) is 9.59 Å². The second-order valence-electron chi connectivity index (χ2n) is 8.04. The highest BCUT2D eigenvalue weighted by molar-refractivity contribution is 6.04. The van der Waals surface area contributed by atoms with Crippen molar-refractivity contribution >= 4 is 17.9 Å². The van der Waals surface area contributed by atoms with Gasteiger partial charge in [0, 0.05) is 16.9 Å². The summed E-state index contributed by atoms with van der Waals surface area (Å²) in [6.45, 7) is 3.84. The van der Waals surface area contributed by atoms with Crippen LogP contribution in [0.1, 0.15) is 26.7 Å². The number of carbonyl (C=O) groups excluding carboxylic acids is 3. The highest BCUT2D eigenvalue weighted by Gasteiger charge is 2.89. The molecule has 174 valence electrons. The number of hydrogen-bond acceptors (Lipinski definition) is 6. The SMILES string of the molecule is C=C(C)C(=O)OC1C2OC(=O)C3(C(=O)OCC(F)(F)C(F)(F)C(F)(F)F)CC1(CC)C23. The zero-order chi connectivity index (χ0) is 23.8. The Morgan fingerprint density at radius 3 is 2.26 bits per heavy atom. The summed E-state index contributed by atoms with van der Waals surface area (Å²) >= 11 is 0. The van der Waals surface area contributed by atoms with Gasteiger partial charge in [-0.2, -0.15) is 30.7 Å². The molecule has 3 rings (SSSR count). The second kappa shape index (κ2) is 6.58. The fraction of sp³-hybridized carbons (Fsp3) is 0.722. The van der Waals surface area contributed by atoms with Crippen LogP contribution >= 0.6 is 0 Å². The van der Waals surface area contributed by atoms with Crippen LogP contribution in [-0.2, 0) is 28.6 Å². The summed E-state index contributed by atoms with van der Waals surface area (Å²) in [5, 5.41) is 0. The molecule has 5 unspecified atom stereocenters. The molecule has 0 aromatic carbocycles. The lowest BCUT2D eigenvalue weighted by atomic mass is 9.34. The highest BCUT2D eigenvalue weighted by Crippen LogP contribution is 2.77. The molecule has 2 aliphatic carbocycles. The molecule has 0 N–H and O–H groups in total. The monoisotopic (exact) mass is 462 g/mol. The Morgan fingerprint density at radius 2 is 1.77 bits per heavy atom. The molecule has 0 amide bonds. The zero-order valence-electron chi connectivity index (χ0n) is 16.2. The zero-order valence-corrected chi connectivity index (χ0v) is 16.2. The van der Waals surface area contributed by atoms with E-state index in [1.807, 2.05) is 0 Å². The van der Waals surface area contributed by atoms with Gasteiger partial charge in [-0.1, -0.05) is 13.5 Å². The molecule has 6 nitrogen and oxygen atoms in total. The number of esters is 3. The number of rotatable bonds is 7. The predicted octanol–water partition coefficient (Wildman–Crippen LogP) is 3.19. The van der Waals surface area contributed by atoms with E-state index in [-0.39, 0.29) is 18.4 Å². The summed E-state index contributed by atoms with van der Waals surface area (Å²) < 4.78 is 104. The standard InChI is InChI=1S/C18H17F7O6/c1-4-14-5-15(12(27)29-6-16(19,20)17(21,22)18(23,24)25)9(14)8(30-13(15)28)10(14)31-11(26)7(2)3/h8-10H,2,4-6H2,1,3H3. The Kier molecular flexibility index (Phi) is 4.95. The first kappa shape index (κ1) is 23.3. The maximum Gasteiger partial charge on any atom is 0.460 e. The molecular formula is C18H17F7O6. The van der Waals surface area contributed by atoms with Crippen LogP contribution < -0.4 is 0 Å². The van der Waals surface area contributed by atoms with Crippen LogP contribution in [0.25, 0.3) is 0 Å². The topological polar surface area (TPSA) is 78.9 Å². The van der Waals surface area contributed by atoms with Crippen molar-refractivity contribution in [2.24, 2.45) is 16.7 Å². The molecule has 31 heavy (non-hydrogen) atoms. The average Bonchev–Trinajstić information content (AvgIpc) is 2.76. The third kappa shape index (κ3) is 2.80. The van der Waals surface area contributed by atoms with E-state index in [4.69, 9.17) is 9.47 Å². The molecule has 0 bridgehead atoms. The molecule has 13 heteroatoms. The molecule has 0 spiro atoms. The molecule has 1 saturated heterocycles. The molecule has 0 aromatic heterocycles. The lowest BCUT2D eigenvalue weighted by Gasteiger charge is -2.67. The first-order valence-corrected chi connectivity index (χ1v) is 9.07. The van der Waals surface area contributed by atoms with Gasteiger partial charge in [0.15, 0.2) is 12.0 Å². The number of ether oxygens (including phenoxy) is 3. The van der Waals surface area contributed by atoms with E-state index in [2.05, 4.69) is 11.3 Å². The minimum atomic E-state index is -6.58. The minimum Gasteiger partial charge on any atom is -0.458 e. The van der Waals surface area contributed by atoms with E-state index < -0.39 is 71.5 Å². The lowest BCUT2D eigenvalue weighted by molar-refractivity contribution is -0.360. The fourth-order valence-corrected chi connectivity index (χ4v) is 4.74. The average molecular weight is 462 g/mol. The van der Waals surface area contributed by atoms with Crippen LogP contribution in [0.5, 0.6) is 0 Å². The normalized spacial score (nSPS) is 34.1. The first-order chi connectivity index (χ1) is 14.0. The van der Waals surface area contributed by atoms with Crippen LogP contribution in [0.4, 0.5) is 30.7 Å². The van der Waals surface area contributed by atoms with Crippen molar-refractivity contribution in [3.05, 3.63) is 12.2 Å². The Bertz CT molecular complexity index is 853. The Balaban J connectivity index is 1.77. The summed E-state index contributed by atoms with van der Waals surface area (Å²) in [6, 6.07) is 0. The molecule has 1 heterocycles. The van der Waals surface area contributed by atoms with Gasteiger partial charge in [0.2, 0.25) is 0 Å². The molecule has 0 aromatic rings. The molecule has 2 saturated carbocycles. The van der Waals surface area contributed by atoms with E-state index in [0.717, 1.165) is 0 Å². The largest absolute Gasteiger partial charge is 0.460 e. The van der Waals surface area contributed by atoms with Crippen molar-refractivity contribution in [1.82, 2.24) is 0 Å². The van der Waals surface area contributed by atoms with Crippen LogP contribution in [-0.4, -0.2) is 54.7 Å². The van der Waals surface area contributed by atoms with E-state index in [9.17, 15) is 45.1 Å². The van der Waals surface area contributed by atoms with Crippen molar-refractivity contribution in [2.45, 2.75) is 56.9 Å². The van der Waals surface area contributed by atoms with Gasteiger partial charge in [-0.25, -0.2) is 4.79 Å². The van der Waals surface area contributed by atoms with Crippen molar-refractivity contribution in [1.29, 1.82) is 0 Å². The first-order valence-electron chi connectivity index (χ1n) is 9.07. The molecule has 3 fully saturated rings. The minimum absolute atomic E-state index is 0.0526. The van der Waals surface area contributed by atoms with Crippen molar-refractivity contribution in [3.8, 4) is 0 Å². The van der Waals surface area contributed by atoms with Crippen LogP contribution in [0.15, 0.2) is 12.2 Å². The van der Waals surface area contributed by atoms with Gasteiger partial charge >= 0.3 is 35.9 Å². The van der Waals surface area contributed by atoms with Crippen molar-refractivity contribution in [3.63, 3.8) is 0 Å². The third-order valence-electron chi connectivity index (χ3n) is 6.36. The smallest absolute Gasteiger partial charge is 0.458 e. The number of alkyl halides is 7. The predicted molar refractivity (Wildman–Crippen MR) is 84.7 cm³/mol. The van der Waals surface area contributed by atoms with Crippen LogP contribution in [0.2, 0.25) is 0 Å². The molecular weight excluding hydrogens is 445 g/mol. The summed E-state index contributed by atoms with van der Waals surface area (Å²) in [6.07, 6.45) is -8.72. The molecule has 1 aliphatic heterocycles. The summed E-state index contributed by atoms with van der Waals surface area (Å²) in [7, 11) is 0. The van der Waals surface area contributed by atoms with Crippen molar-refractivity contribution in [2.75, 3.05) is 6.61 Å². The highest BCUT2D eigenvalue weighted by atomic mass is 19.4. The number of hydrogen-bond donors (Lipinski definition) is 0. The lowest BCUT2D eigenvalue weighted by Crippen LogP contribution is -2.77. The summed E-state index contributed by atoms with van der Waals surface area (Å²) in [4.78, 5) is 36.6. The number of halogens is 7. The third-order valence-corrected chi connectivity index (χ3v) is 6.36. The van der Waals surface area contributed by atoms with Gasteiger partial charge in [0.1, 0.15) is 12.2 Å². The summed E-state index contributed by atoms with van der Waals surface area (Å²) in [5.74, 6) is -16.8. The molecule has 3 aliphatic rings. The van der Waals surface area contributed by atoms with E-state index in [1.165, 1.54) is 6.92 Å². The van der Waals surface area contributed by atoms with Crippen LogP contribution in [0.3, 0.4) is 0 Å². The van der Waals surface area contributed by atoms with Gasteiger partial charge < -0.3 is 14.2 Å². The quantitative estimate of drug-likeness (QED) is 0.190. The second-order valence-corrected chi connectivity index (χ2v) is 8.04.